The van der Waals surface area contributed by atoms with Crippen LogP contribution in [0.25, 0.3) is 11.3 Å². The van der Waals surface area contributed by atoms with Gasteiger partial charge >= 0.3 is 0 Å². The fourth-order valence-corrected chi connectivity index (χ4v) is 1.76. The molecule has 0 bridgehead atoms. The number of aromatic amines is 1. The first-order valence-corrected chi connectivity index (χ1v) is 5.78. The van der Waals surface area contributed by atoms with Crippen molar-refractivity contribution in [2.45, 2.75) is 5.03 Å². The molecule has 0 saturated carbocycles. The number of nitrogens with zero attached hydrogens (tertiary/aromatic N) is 2. The van der Waals surface area contributed by atoms with Gasteiger partial charge in [-0.15, -0.1) is 11.8 Å². The molecule has 5 nitrogen and oxygen atoms in total. The fraction of sp³-hybridized carbons (Fsp3) is 0.100. The summed E-state index contributed by atoms with van der Waals surface area (Å²) < 4.78 is 0. The normalized spacial score (nSPS) is 10.3. The standard InChI is InChI=1S/C10H9N3O2S/c1-16-10-6-8(11-12-10)7-4-2-3-5-9(7)13(14)15/h2-6H,1H3,(H,11,12). The van der Waals surface area contributed by atoms with Gasteiger partial charge in [-0.3, -0.25) is 15.2 Å². The lowest BCUT2D eigenvalue weighted by molar-refractivity contribution is -0.384. The average molecular weight is 235 g/mol. The highest BCUT2D eigenvalue weighted by Crippen LogP contribution is 2.29. The van der Waals surface area contributed by atoms with E-state index >= 15 is 0 Å². The van der Waals surface area contributed by atoms with Crippen LogP contribution in [0.4, 0.5) is 5.69 Å². The molecular weight excluding hydrogens is 226 g/mol. The first kappa shape index (κ1) is 10.7. The maximum absolute atomic E-state index is 10.8. The molecule has 0 fully saturated rings. The predicted molar refractivity (Wildman–Crippen MR) is 62.5 cm³/mol. The van der Waals surface area contributed by atoms with Gasteiger partial charge in [-0.1, -0.05) is 12.1 Å². The Bertz CT molecular complexity index is 524. The lowest BCUT2D eigenvalue weighted by atomic mass is 10.1. The van der Waals surface area contributed by atoms with E-state index in [4.69, 9.17) is 0 Å². The van der Waals surface area contributed by atoms with Gasteiger partial charge in [-0.05, 0) is 18.4 Å². The van der Waals surface area contributed by atoms with Gasteiger partial charge in [0.25, 0.3) is 5.69 Å². The summed E-state index contributed by atoms with van der Waals surface area (Å²) in [4.78, 5) is 10.4. The summed E-state index contributed by atoms with van der Waals surface area (Å²) in [5.74, 6) is 0. The Morgan fingerprint density at radius 1 is 1.44 bits per heavy atom. The Morgan fingerprint density at radius 3 is 2.81 bits per heavy atom. The summed E-state index contributed by atoms with van der Waals surface area (Å²) in [5.41, 5.74) is 1.20. The molecule has 0 spiro atoms. The molecule has 0 saturated heterocycles. The number of nitro groups is 1. The predicted octanol–water partition coefficient (Wildman–Crippen LogP) is 2.71. The summed E-state index contributed by atoms with van der Waals surface area (Å²) in [6.07, 6.45) is 1.91. The summed E-state index contributed by atoms with van der Waals surface area (Å²) >= 11 is 1.51. The second-order valence-electron chi connectivity index (χ2n) is 3.10. The minimum atomic E-state index is -0.400. The number of nitro benzene ring substituents is 1. The molecule has 0 atom stereocenters. The van der Waals surface area contributed by atoms with E-state index in [1.165, 1.54) is 17.8 Å². The number of aromatic nitrogens is 2. The first-order chi connectivity index (χ1) is 7.72. The van der Waals surface area contributed by atoms with Crippen molar-refractivity contribution in [1.29, 1.82) is 0 Å². The molecular formula is C10H9N3O2S. The second kappa shape index (κ2) is 4.36. The SMILES string of the molecule is CSc1cc(-c2ccccc2[N+](=O)[O-])n[nH]1. The van der Waals surface area contributed by atoms with Crippen molar-refractivity contribution in [2.75, 3.05) is 6.26 Å². The molecule has 82 valence electrons. The number of hydrogen-bond donors (Lipinski definition) is 1. The highest BCUT2D eigenvalue weighted by Gasteiger charge is 2.16. The van der Waals surface area contributed by atoms with Crippen molar-refractivity contribution >= 4 is 17.4 Å². The molecule has 0 aliphatic carbocycles. The molecule has 0 aliphatic rings. The van der Waals surface area contributed by atoms with E-state index in [0.29, 0.717) is 11.3 Å². The Kier molecular flexibility index (Phi) is 2.91. The Balaban J connectivity index is 2.50. The van der Waals surface area contributed by atoms with Gasteiger partial charge < -0.3 is 0 Å². The van der Waals surface area contributed by atoms with Gasteiger partial charge in [0.2, 0.25) is 0 Å². The third-order valence-corrected chi connectivity index (χ3v) is 2.80. The number of benzene rings is 1. The molecule has 1 heterocycles. The van der Waals surface area contributed by atoms with Gasteiger partial charge in [0.15, 0.2) is 0 Å². The lowest BCUT2D eigenvalue weighted by Crippen LogP contribution is -1.91. The van der Waals surface area contributed by atoms with Crippen molar-refractivity contribution in [3.05, 3.63) is 40.4 Å². The number of hydrogen-bond acceptors (Lipinski definition) is 4. The molecule has 1 N–H and O–H groups in total. The van der Waals surface area contributed by atoms with Crippen molar-refractivity contribution in [3.63, 3.8) is 0 Å². The van der Waals surface area contributed by atoms with Crippen molar-refractivity contribution in [1.82, 2.24) is 10.2 Å². The van der Waals surface area contributed by atoms with Crippen LogP contribution in [0.3, 0.4) is 0 Å². The van der Waals surface area contributed by atoms with E-state index in [9.17, 15) is 10.1 Å². The molecule has 1 aromatic heterocycles. The number of H-pyrrole nitrogens is 1. The van der Waals surface area contributed by atoms with Crippen molar-refractivity contribution in [3.8, 4) is 11.3 Å². The lowest BCUT2D eigenvalue weighted by Gasteiger charge is -1.97. The second-order valence-corrected chi connectivity index (χ2v) is 3.94. The third kappa shape index (κ3) is 1.92. The van der Waals surface area contributed by atoms with Gasteiger partial charge in [-0.2, -0.15) is 5.10 Å². The minimum absolute atomic E-state index is 0.0710. The van der Waals surface area contributed by atoms with Crippen LogP contribution < -0.4 is 0 Å². The number of rotatable bonds is 3. The number of nitrogens with one attached hydrogen (secondary N) is 1. The third-order valence-electron chi connectivity index (χ3n) is 2.15. The van der Waals surface area contributed by atoms with Gasteiger partial charge in [0.1, 0.15) is 5.69 Å². The van der Waals surface area contributed by atoms with Crippen LogP contribution in [0.1, 0.15) is 0 Å². The average Bonchev–Trinajstić information content (AvgIpc) is 2.77. The van der Waals surface area contributed by atoms with Crippen LogP contribution in [-0.2, 0) is 0 Å². The zero-order chi connectivity index (χ0) is 11.5. The van der Waals surface area contributed by atoms with Crippen LogP contribution in [0, 0.1) is 10.1 Å². The molecule has 2 rings (SSSR count). The van der Waals surface area contributed by atoms with E-state index in [1.54, 1.807) is 24.3 Å². The summed E-state index contributed by atoms with van der Waals surface area (Å²) in [6.45, 7) is 0. The molecule has 1 aromatic carbocycles. The van der Waals surface area contributed by atoms with Crippen LogP contribution in [-0.4, -0.2) is 21.4 Å². The zero-order valence-corrected chi connectivity index (χ0v) is 9.32. The molecule has 2 aromatic rings. The molecule has 0 aliphatic heterocycles. The highest BCUT2D eigenvalue weighted by atomic mass is 32.2. The van der Waals surface area contributed by atoms with Gasteiger partial charge in [0, 0.05) is 6.07 Å². The van der Waals surface area contributed by atoms with Crippen LogP contribution in [0.15, 0.2) is 35.4 Å². The maximum atomic E-state index is 10.8. The van der Waals surface area contributed by atoms with E-state index in [-0.39, 0.29) is 5.69 Å². The summed E-state index contributed by atoms with van der Waals surface area (Å²) in [6, 6.07) is 8.37. The summed E-state index contributed by atoms with van der Waals surface area (Å²) in [5, 5.41) is 18.6. The fourth-order valence-electron chi connectivity index (χ4n) is 1.40. The van der Waals surface area contributed by atoms with E-state index in [0.717, 1.165) is 5.03 Å². The smallest absolute Gasteiger partial charge is 0.271 e. The van der Waals surface area contributed by atoms with Crippen molar-refractivity contribution < 1.29 is 4.92 Å². The topological polar surface area (TPSA) is 71.8 Å². The van der Waals surface area contributed by atoms with E-state index < -0.39 is 4.92 Å². The maximum Gasteiger partial charge on any atom is 0.278 e. The largest absolute Gasteiger partial charge is 0.278 e. The van der Waals surface area contributed by atoms with Gasteiger partial charge in [-0.25, -0.2) is 0 Å². The zero-order valence-electron chi connectivity index (χ0n) is 8.51. The molecule has 6 heteroatoms. The Labute approximate surface area is 96.0 Å². The Hall–Kier alpha value is -1.82. The molecule has 16 heavy (non-hydrogen) atoms. The quantitative estimate of drug-likeness (QED) is 0.504. The molecule has 0 unspecified atom stereocenters. The van der Waals surface area contributed by atoms with Crippen molar-refractivity contribution in [2.24, 2.45) is 0 Å². The molecule has 0 amide bonds. The number of thioether (sulfide) groups is 1. The van der Waals surface area contributed by atoms with Crippen LogP contribution >= 0.6 is 11.8 Å². The summed E-state index contributed by atoms with van der Waals surface area (Å²) in [7, 11) is 0. The number of para-hydroxylation sites is 1. The van der Waals surface area contributed by atoms with Crippen LogP contribution in [0.2, 0.25) is 0 Å². The monoisotopic (exact) mass is 235 g/mol. The minimum Gasteiger partial charge on any atom is -0.271 e. The van der Waals surface area contributed by atoms with Gasteiger partial charge in [0.05, 0.1) is 15.5 Å². The highest BCUT2D eigenvalue weighted by molar-refractivity contribution is 7.98. The van der Waals surface area contributed by atoms with E-state index in [1.807, 2.05) is 6.26 Å². The van der Waals surface area contributed by atoms with Crippen LogP contribution in [0.5, 0.6) is 0 Å². The molecule has 0 radical (unpaired) electrons. The Morgan fingerprint density at radius 2 is 2.19 bits per heavy atom. The van der Waals surface area contributed by atoms with E-state index in [2.05, 4.69) is 10.2 Å². The first-order valence-electron chi connectivity index (χ1n) is 4.55.